The van der Waals surface area contributed by atoms with Gasteiger partial charge < -0.3 is 10.2 Å². The Balaban J connectivity index is 1.35. The highest BCUT2D eigenvalue weighted by Gasteiger charge is 2.27. The van der Waals surface area contributed by atoms with E-state index in [0.29, 0.717) is 46.2 Å². The van der Waals surface area contributed by atoms with Gasteiger partial charge in [0, 0.05) is 42.0 Å². The summed E-state index contributed by atoms with van der Waals surface area (Å²) in [4.78, 5) is 29.7. The zero-order valence-corrected chi connectivity index (χ0v) is 18.9. The van der Waals surface area contributed by atoms with Gasteiger partial charge in [0.05, 0.1) is 11.6 Å². The molecule has 0 saturated carbocycles. The molecule has 0 radical (unpaired) electrons. The van der Waals surface area contributed by atoms with E-state index in [0.717, 1.165) is 16.8 Å². The van der Waals surface area contributed by atoms with Crippen LogP contribution in [0.3, 0.4) is 0 Å². The van der Waals surface area contributed by atoms with E-state index in [1.54, 1.807) is 11.0 Å². The third-order valence-corrected chi connectivity index (χ3v) is 7.34. The number of nitrogens with one attached hydrogen (secondary N) is 1. The smallest absolute Gasteiger partial charge is 0.265 e. The van der Waals surface area contributed by atoms with Gasteiger partial charge in [-0.25, -0.2) is 4.39 Å². The molecule has 1 aromatic heterocycles. The Hall–Kier alpha value is -2.48. The van der Waals surface area contributed by atoms with Crippen LogP contribution in [0.1, 0.15) is 20.8 Å². The average Bonchev–Trinajstić information content (AvgIpc) is 3.07. The van der Waals surface area contributed by atoms with E-state index in [1.165, 1.54) is 23.5 Å². The van der Waals surface area contributed by atoms with E-state index in [4.69, 9.17) is 11.6 Å². The number of piperazine rings is 1. The number of halogens is 2. The van der Waals surface area contributed by atoms with Crippen molar-refractivity contribution in [1.82, 2.24) is 9.80 Å². The van der Waals surface area contributed by atoms with Crippen LogP contribution >= 0.6 is 22.9 Å². The van der Waals surface area contributed by atoms with E-state index in [9.17, 15) is 14.0 Å². The molecule has 2 aromatic carbocycles. The molecule has 4 rings (SSSR count). The Morgan fingerprint density at radius 1 is 1.13 bits per heavy atom. The molecule has 0 bridgehead atoms. The van der Waals surface area contributed by atoms with Gasteiger partial charge in [-0.15, -0.1) is 11.3 Å². The molecule has 1 aliphatic heterocycles. The maximum absolute atomic E-state index is 13.5. The quantitative estimate of drug-likeness (QED) is 0.615. The summed E-state index contributed by atoms with van der Waals surface area (Å²) in [7, 11) is 0. The summed E-state index contributed by atoms with van der Waals surface area (Å²) in [6, 6.07) is 10.2. The summed E-state index contributed by atoms with van der Waals surface area (Å²) in [5.74, 6) is -0.564. The first-order chi connectivity index (χ1) is 14.8. The molecule has 1 N–H and O–H groups in total. The summed E-state index contributed by atoms with van der Waals surface area (Å²) in [6.45, 7) is 6.50. The Morgan fingerprint density at radius 2 is 1.87 bits per heavy atom. The second-order valence-electron chi connectivity index (χ2n) is 7.75. The number of hydrogen-bond acceptors (Lipinski definition) is 4. The van der Waals surface area contributed by atoms with Gasteiger partial charge >= 0.3 is 0 Å². The molecule has 162 valence electrons. The number of anilines is 1. The number of thiophene rings is 1. The molecule has 8 heteroatoms. The lowest BCUT2D eigenvalue weighted by molar-refractivity contribution is -0.117. The van der Waals surface area contributed by atoms with E-state index in [1.807, 2.05) is 36.9 Å². The van der Waals surface area contributed by atoms with Crippen molar-refractivity contribution >= 4 is 50.5 Å². The van der Waals surface area contributed by atoms with Gasteiger partial charge in [0.15, 0.2) is 0 Å². The molecule has 2 heterocycles. The summed E-state index contributed by atoms with van der Waals surface area (Å²) < 4.78 is 14.2. The van der Waals surface area contributed by atoms with Crippen LogP contribution in [0.15, 0.2) is 36.4 Å². The number of aryl methyl sites for hydroxylation is 1. The minimum absolute atomic E-state index is 0.0666. The van der Waals surface area contributed by atoms with E-state index in [2.05, 4.69) is 5.32 Å². The second kappa shape index (κ2) is 8.94. The number of fused-ring (bicyclic) bond motifs is 1. The van der Waals surface area contributed by atoms with Crippen molar-refractivity contribution in [3.63, 3.8) is 0 Å². The van der Waals surface area contributed by atoms with Gasteiger partial charge in [0.1, 0.15) is 10.7 Å². The second-order valence-corrected chi connectivity index (χ2v) is 9.18. The third-order valence-electron chi connectivity index (χ3n) is 5.69. The highest BCUT2D eigenvalue weighted by atomic mass is 35.5. The van der Waals surface area contributed by atoms with Gasteiger partial charge in [-0.3, -0.25) is 14.5 Å². The molecule has 5 nitrogen and oxygen atoms in total. The molecule has 0 aliphatic carbocycles. The Bertz CT molecular complexity index is 1160. The van der Waals surface area contributed by atoms with Crippen LogP contribution < -0.4 is 5.32 Å². The van der Waals surface area contributed by atoms with Crippen LogP contribution in [0.4, 0.5) is 10.1 Å². The fourth-order valence-electron chi connectivity index (χ4n) is 3.71. The topological polar surface area (TPSA) is 52.7 Å². The predicted molar refractivity (Wildman–Crippen MR) is 124 cm³/mol. The van der Waals surface area contributed by atoms with Crippen molar-refractivity contribution in [2.75, 3.05) is 38.0 Å². The number of amides is 2. The highest BCUT2D eigenvalue weighted by molar-refractivity contribution is 7.21. The summed E-state index contributed by atoms with van der Waals surface area (Å²) in [5.41, 5.74) is 3.02. The maximum atomic E-state index is 13.5. The largest absolute Gasteiger partial charge is 0.335 e. The number of carbonyl (C=O) groups excluding carboxylic acids is 2. The number of benzene rings is 2. The zero-order valence-electron chi connectivity index (χ0n) is 17.4. The number of rotatable bonds is 4. The number of carbonyl (C=O) groups is 2. The van der Waals surface area contributed by atoms with Crippen LogP contribution in [0.5, 0.6) is 0 Å². The minimum atomic E-state index is -0.350. The third kappa shape index (κ3) is 4.59. The van der Waals surface area contributed by atoms with Gasteiger partial charge in [0.2, 0.25) is 5.91 Å². The molecule has 1 fully saturated rings. The van der Waals surface area contributed by atoms with E-state index >= 15 is 0 Å². The number of hydrogen-bond donors (Lipinski definition) is 1. The monoisotopic (exact) mass is 459 g/mol. The average molecular weight is 460 g/mol. The highest BCUT2D eigenvalue weighted by Crippen LogP contribution is 2.36. The molecular formula is C23H23ClFN3O2S. The van der Waals surface area contributed by atoms with Crippen LogP contribution in [0, 0.1) is 19.7 Å². The molecule has 1 saturated heterocycles. The number of nitrogens with zero attached hydrogens (tertiary/aromatic N) is 2. The van der Waals surface area contributed by atoms with E-state index < -0.39 is 0 Å². The van der Waals surface area contributed by atoms with Crippen LogP contribution in [0.2, 0.25) is 5.02 Å². The Labute approximate surface area is 189 Å². The molecule has 3 aromatic rings. The first-order valence-electron chi connectivity index (χ1n) is 10.1. The first-order valence-corrected chi connectivity index (χ1v) is 11.3. The van der Waals surface area contributed by atoms with Crippen molar-refractivity contribution < 1.29 is 14.0 Å². The molecular weight excluding hydrogens is 437 g/mol. The van der Waals surface area contributed by atoms with Gasteiger partial charge in [-0.05, 0) is 49.2 Å². The first kappa shape index (κ1) is 21.7. The lowest BCUT2D eigenvalue weighted by Gasteiger charge is -2.34. The van der Waals surface area contributed by atoms with Crippen molar-refractivity contribution in [1.29, 1.82) is 0 Å². The fourth-order valence-corrected chi connectivity index (χ4v) is 5.21. The Kier molecular flexibility index (Phi) is 6.27. The SMILES string of the molecule is Cc1cccc(NC(=O)CN2CCN(C(=O)c3sc4cc(F)ccc4c3Cl)CC2)c1C. The van der Waals surface area contributed by atoms with Gasteiger partial charge in [-0.2, -0.15) is 0 Å². The molecule has 0 spiro atoms. The molecule has 31 heavy (non-hydrogen) atoms. The van der Waals surface area contributed by atoms with Gasteiger partial charge in [0.25, 0.3) is 5.91 Å². The van der Waals surface area contributed by atoms with Gasteiger partial charge in [-0.1, -0.05) is 23.7 Å². The molecule has 2 amide bonds. The lowest BCUT2D eigenvalue weighted by atomic mass is 10.1. The van der Waals surface area contributed by atoms with Crippen molar-refractivity contribution in [2.24, 2.45) is 0 Å². The summed E-state index contributed by atoms with van der Waals surface area (Å²) in [6.07, 6.45) is 0. The molecule has 0 unspecified atom stereocenters. The minimum Gasteiger partial charge on any atom is -0.335 e. The normalized spacial score (nSPS) is 14.8. The standard InChI is InChI=1S/C23H23ClFN3O2S/c1-14-4-3-5-18(15(14)2)26-20(29)13-27-8-10-28(11-9-27)23(30)22-21(24)17-7-6-16(25)12-19(17)31-22/h3-7,12H,8-11,13H2,1-2H3,(H,26,29). The van der Waals surface area contributed by atoms with E-state index in [-0.39, 0.29) is 24.2 Å². The van der Waals surface area contributed by atoms with Crippen molar-refractivity contribution in [2.45, 2.75) is 13.8 Å². The lowest BCUT2D eigenvalue weighted by Crippen LogP contribution is -2.50. The van der Waals surface area contributed by atoms with Crippen LogP contribution in [-0.4, -0.2) is 54.3 Å². The fraction of sp³-hybridized carbons (Fsp3) is 0.304. The zero-order chi connectivity index (χ0) is 22.1. The Morgan fingerprint density at radius 3 is 2.61 bits per heavy atom. The van der Waals surface area contributed by atoms with Crippen LogP contribution in [0.25, 0.3) is 10.1 Å². The molecule has 1 aliphatic rings. The maximum Gasteiger partial charge on any atom is 0.265 e. The summed E-state index contributed by atoms with van der Waals surface area (Å²) >= 11 is 7.61. The van der Waals surface area contributed by atoms with Crippen LogP contribution in [-0.2, 0) is 4.79 Å². The predicted octanol–water partition coefficient (Wildman–Crippen LogP) is 4.71. The van der Waals surface area contributed by atoms with Crippen molar-refractivity contribution in [3.8, 4) is 0 Å². The molecule has 0 atom stereocenters. The van der Waals surface area contributed by atoms with Crippen molar-refractivity contribution in [3.05, 3.63) is 63.2 Å². The summed E-state index contributed by atoms with van der Waals surface area (Å²) in [5, 5.41) is 4.05.